The predicted octanol–water partition coefficient (Wildman–Crippen LogP) is 0.756. The number of carbonyl (C=O) groups is 4. The molecule has 2 aromatic rings. The molecule has 0 aromatic heterocycles. The lowest BCUT2D eigenvalue weighted by Crippen LogP contribution is -2.60. The fourth-order valence-electron chi connectivity index (χ4n) is 3.91. The molecular weight excluding hydrogens is 486 g/mol. The molecule has 0 unspecified atom stereocenters. The van der Waals surface area contributed by atoms with E-state index in [9.17, 15) is 24.3 Å². The summed E-state index contributed by atoms with van der Waals surface area (Å²) in [7, 11) is 0. The average molecular weight is 526 g/mol. The molecule has 0 radical (unpaired) electrons. The van der Waals surface area contributed by atoms with Gasteiger partial charge >= 0.3 is 0 Å². The Morgan fingerprint density at radius 3 is 1.76 bits per heavy atom. The summed E-state index contributed by atoms with van der Waals surface area (Å²) in [6.07, 6.45) is 0.374. The molecule has 38 heavy (non-hydrogen) atoms. The third-order valence-electron chi connectivity index (χ3n) is 6.16. The van der Waals surface area contributed by atoms with Gasteiger partial charge in [-0.1, -0.05) is 70.2 Å². The Labute approximate surface area is 223 Å². The molecule has 0 fully saturated rings. The van der Waals surface area contributed by atoms with E-state index < -0.39 is 47.8 Å². The van der Waals surface area contributed by atoms with Crippen molar-refractivity contribution in [3.05, 3.63) is 65.7 Å². The topological polar surface area (TPSA) is 177 Å². The van der Waals surface area contributed by atoms with Crippen molar-refractivity contribution in [2.75, 3.05) is 0 Å². The zero-order valence-electron chi connectivity index (χ0n) is 22.3. The first kappa shape index (κ1) is 30.3. The Morgan fingerprint density at radius 1 is 0.711 bits per heavy atom. The number of phenolic OH excluding ortho intramolecular Hbond substituents is 1. The largest absolute Gasteiger partial charge is 0.508 e. The predicted molar refractivity (Wildman–Crippen MR) is 145 cm³/mol. The van der Waals surface area contributed by atoms with Gasteiger partial charge in [0.1, 0.15) is 23.9 Å². The number of carbonyl (C=O) groups excluding carboxylic acids is 4. The van der Waals surface area contributed by atoms with Crippen LogP contribution in [0.4, 0.5) is 0 Å². The van der Waals surface area contributed by atoms with E-state index in [1.54, 1.807) is 39.8 Å². The van der Waals surface area contributed by atoms with Crippen molar-refractivity contribution in [2.45, 2.75) is 64.7 Å². The van der Waals surface area contributed by atoms with E-state index in [4.69, 9.17) is 11.5 Å². The van der Waals surface area contributed by atoms with Crippen molar-refractivity contribution >= 4 is 23.6 Å². The van der Waals surface area contributed by atoms with E-state index in [2.05, 4.69) is 16.0 Å². The fourth-order valence-corrected chi connectivity index (χ4v) is 3.91. The highest BCUT2D eigenvalue weighted by molar-refractivity contribution is 5.95. The molecule has 4 atom stereocenters. The van der Waals surface area contributed by atoms with Gasteiger partial charge in [0.05, 0.1) is 6.04 Å². The van der Waals surface area contributed by atoms with Crippen LogP contribution in [0.3, 0.4) is 0 Å². The first-order chi connectivity index (χ1) is 17.9. The van der Waals surface area contributed by atoms with Crippen molar-refractivity contribution < 1.29 is 24.3 Å². The molecule has 206 valence electrons. The van der Waals surface area contributed by atoms with Crippen molar-refractivity contribution in [3.63, 3.8) is 0 Å². The number of amides is 4. The molecule has 10 heteroatoms. The van der Waals surface area contributed by atoms with Crippen LogP contribution in [-0.2, 0) is 32.0 Å². The first-order valence-electron chi connectivity index (χ1n) is 12.7. The second-order valence-electron chi connectivity index (χ2n) is 10.1. The standard InChI is InChI=1S/C28H39N5O5/c1-16(2)23(25(30)35)32-28(38)24(17(3)4)33-27(37)22(15-19-10-12-20(34)13-11-19)31-26(36)21(29)14-18-8-6-5-7-9-18/h5-13,16-17,21-24,34H,14-15,29H2,1-4H3,(H2,30,35)(H,31,36)(H,32,38)(H,33,37)/t21-,22-,23+,24-/m0/s1. The molecule has 0 aliphatic heterocycles. The average Bonchev–Trinajstić information content (AvgIpc) is 2.86. The molecule has 8 N–H and O–H groups in total. The molecule has 0 heterocycles. The summed E-state index contributed by atoms with van der Waals surface area (Å²) in [6.45, 7) is 7.01. The van der Waals surface area contributed by atoms with Gasteiger partial charge in [-0.15, -0.1) is 0 Å². The summed E-state index contributed by atoms with van der Waals surface area (Å²) in [5.41, 5.74) is 13.1. The lowest BCUT2D eigenvalue weighted by Gasteiger charge is -2.28. The van der Waals surface area contributed by atoms with Gasteiger partial charge in [0, 0.05) is 6.42 Å². The lowest BCUT2D eigenvalue weighted by atomic mass is 9.98. The van der Waals surface area contributed by atoms with E-state index in [1.165, 1.54) is 12.1 Å². The van der Waals surface area contributed by atoms with Crippen molar-refractivity contribution in [3.8, 4) is 5.75 Å². The number of primary amides is 1. The van der Waals surface area contributed by atoms with Crippen molar-refractivity contribution in [1.29, 1.82) is 0 Å². The van der Waals surface area contributed by atoms with E-state index in [0.717, 1.165) is 5.56 Å². The van der Waals surface area contributed by atoms with Crippen molar-refractivity contribution in [2.24, 2.45) is 23.3 Å². The summed E-state index contributed by atoms with van der Waals surface area (Å²) in [5.74, 6) is -2.85. The molecular formula is C28H39N5O5. The molecule has 10 nitrogen and oxygen atoms in total. The normalized spacial score (nSPS) is 14.3. The minimum absolute atomic E-state index is 0.0642. The highest BCUT2D eigenvalue weighted by Gasteiger charge is 2.32. The number of aromatic hydroxyl groups is 1. The Bertz CT molecular complexity index is 1090. The number of benzene rings is 2. The van der Waals surface area contributed by atoms with Gasteiger partial charge in [0.15, 0.2) is 0 Å². The number of nitrogens with one attached hydrogen (secondary N) is 3. The Kier molecular flexibility index (Phi) is 11.3. The molecule has 2 aromatic carbocycles. The number of rotatable bonds is 13. The van der Waals surface area contributed by atoms with Gasteiger partial charge in [0.2, 0.25) is 23.6 Å². The molecule has 0 aliphatic carbocycles. The molecule has 0 aliphatic rings. The Balaban J connectivity index is 2.22. The van der Waals surface area contributed by atoms with Crippen LogP contribution in [0.15, 0.2) is 54.6 Å². The highest BCUT2D eigenvalue weighted by atomic mass is 16.3. The van der Waals surface area contributed by atoms with Gasteiger partial charge in [0.25, 0.3) is 0 Å². The first-order valence-corrected chi connectivity index (χ1v) is 12.7. The summed E-state index contributed by atoms with van der Waals surface area (Å²) >= 11 is 0. The monoisotopic (exact) mass is 525 g/mol. The third-order valence-corrected chi connectivity index (χ3v) is 6.16. The van der Waals surface area contributed by atoms with Crippen LogP contribution in [0.5, 0.6) is 5.75 Å². The maximum atomic E-state index is 13.4. The van der Waals surface area contributed by atoms with E-state index in [1.807, 2.05) is 30.3 Å². The number of phenols is 1. The van der Waals surface area contributed by atoms with E-state index in [-0.39, 0.29) is 30.4 Å². The second-order valence-corrected chi connectivity index (χ2v) is 10.1. The zero-order valence-corrected chi connectivity index (χ0v) is 22.3. The summed E-state index contributed by atoms with van der Waals surface area (Å²) in [5, 5.41) is 17.7. The highest BCUT2D eigenvalue weighted by Crippen LogP contribution is 2.13. The van der Waals surface area contributed by atoms with Gasteiger partial charge in [-0.25, -0.2) is 0 Å². The van der Waals surface area contributed by atoms with Crippen LogP contribution in [0, 0.1) is 11.8 Å². The molecule has 0 saturated heterocycles. The summed E-state index contributed by atoms with van der Waals surface area (Å²) in [6, 6.07) is 11.7. The van der Waals surface area contributed by atoms with Gasteiger partial charge in [-0.3, -0.25) is 19.2 Å². The van der Waals surface area contributed by atoms with Crippen molar-refractivity contribution in [1.82, 2.24) is 16.0 Å². The fraction of sp³-hybridized carbons (Fsp3) is 0.429. The van der Waals surface area contributed by atoms with Gasteiger partial charge in [-0.05, 0) is 41.5 Å². The number of hydrogen-bond donors (Lipinski definition) is 6. The molecule has 0 saturated carbocycles. The van der Waals surface area contributed by atoms with E-state index in [0.29, 0.717) is 5.56 Å². The maximum Gasteiger partial charge on any atom is 0.243 e. The summed E-state index contributed by atoms with van der Waals surface area (Å²) < 4.78 is 0. The minimum Gasteiger partial charge on any atom is -0.508 e. The molecule has 4 amide bonds. The van der Waals surface area contributed by atoms with Gasteiger partial charge in [-0.2, -0.15) is 0 Å². The van der Waals surface area contributed by atoms with Crippen LogP contribution < -0.4 is 27.4 Å². The summed E-state index contributed by atoms with van der Waals surface area (Å²) in [4.78, 5) is 51.2. The second kappa shape index (κ2) is 14.1. The van der Waals surface area contributed by atoms with E-state index >= 15 is 0 Å². The minimum atomic E-state index is -1.06. The zero-order chi connectivity index (χ0) is 28.4. The molecule has 0 bridgehead atoms. The third kappa shape index (κ3) is 9.19. The Hall–Kier alpha value is -3.92. The molecule has 2 rings (SSSR count). The lowest BCUT2D eigenvalue weighted by molar-refractivity contribution is -0.134. The van der Waals surface area contributed by atoms with Crippen LogP contribution in [0.25, 0.3) is 0 Å². The Morgan fingerprint density at radius 2 is 1.24 bits per heavy atom. The number of hydrogen-bond acceptors (Lipinski definition) is 6. The number of nitrogens with two attached hydrogens (primary N) is 2. The van der Waals surface area contributed by atoms with Crippen LogP contribution in [-0.4, -0.2) is 52.9 Å². The molecule has 0 spiro atoms. The van der Waals surface area contributed by atoms with Crippen LogP contribution in [0.1, 0.15) is 38.8 Å². The van der Waals surface area contributed by atoms with Crippen LogP contribution >= 0.6 is 0 Å². The maximum absolute atomic E-state index is 13.4. The van der Waals surface area contributed by atoms with Gasteiger partial charge < -0.3 is 32.5 Å². The quantitative estimate of drug-likeness (QED) is 0.225. The smallest absolute Gasteiger partial charge is 0.243 e. The SMILES string of the molecule is CC(C)[C@H](NC(=O)[C@H](Cc1ccc(O)cc1)NC(=O)[C@@H](N)Cc1ccccc1)C(=O)N[C@@H](C(N)=O)C(C)C. The van der Waals surface area contributed by atoms with Crippen LogP contribution in [0.2, 0.25) is 0 Å².